The summed E-state index contributed by atoms with van der Waals surface area (Å²) >= 11 is 0. The molecule has 0 spiro atoms. The van der Waals surface area contributed by atoms with Crippen LogP contribution in [0.4, 0.5) is 25.1 Å². The fourth-order valence-electron chi connectivity index (χ4n) is 5.40. The van der Waals surface area contributed by atoms with Crippen molar-refractivity contribution in [1.29, 1.82) is 0 Å². The van der Waals surface area contributed by atoms with Crippen LogP contribution in [0.2, 0.25) is 0 Å². The Balaban J connectivity index is 1.51. The number of carbonyl (C=O) groups is 1. The lowest BCUT2D eigenvalue weighted by molar-refractivity contribution is 0.0205. The van der Waals surface area contributed by atoms with Gasteiger partial charge in [0.25, 0.3) is 0 Å². The van der Waals surface area contributed by atoms with E-state index in [0.29, 0.717) is 60.3 Å². The standard InChI is InChI=1S/C31H37F2N7O4S/c1-6-15-45(42,43)37-24-8-7-23(32)29(27(24)33)40-18-22(20-16-34-19-35-17-20)28-25(40)9-10-26(36-28)38(5)21-11-13-39(14-12-21)30(41)44-31(2,3)4/h7-10,16-19,21,37H,6,11-15H2,1-5H3. The Bertz CT molecular complexity index is 1800. The molecule has 1 saturated heterocycles. The maximum absolute atomic E-state index is 15.9. The van der Waals surface area contributed by atoms with E-state index in [1.165, 1.54) is 10.9 Å². The van der Waals surface area contributed by atoms with Crippen LogP contribution in [0.1, 0.15) is 47.0 Å². The van der Waals surface area contributed by atoms with Gasteiger partial charge in [0.05, 0.1) is 22.5 Å². The summed E-state index contributed by atoms with van der Waals surface area (Å²) < 4.78 is 65.1. The minimum atomic E-state index is -3.83. The van der Waals surface area contributed by atoms with E-state index in [1.807, 2.05) is 32.7 Å². The van der Waals surface area contributed by atoms with Gasteiger partial charge in [0.1, 0.15) is 29.3 Å². The number of benzene rings is 1. The van der Waals surface area contributed by atoms with E-state index >= 15 is 8.78 Å². The van der Waals surface area contributed by atoms with Gasteiger partial charge in [-0.3, -0.25) is 4.72 Å². The molecular weight excluding hydrogens is 604 g/mol. The molecule has 4 heterocycles. The highest BCUT2D eigenvalue weighted by Gasteiger charge is 2.30. The van der Waals surface area contributed by atoms with Gasteiger partial charge in [-0.1, -0.05) is 6.92 Å². The largest absolute Gasteiger partial charge is 0.444 e. The van der Waals surface area contributed by atoms with Crippen LogP contribution in [-0.4, -0.2) is 76.5 Å². The number of ether oxygens (including phenoxy) is 1. The van der Waals surface area contributed by atoms with Gasteiger partial charge in [-0.2, -0.15) is 0 Å². The molecule has 1 N–H and O–H groups in total. The quantitative estimate of drug-likeness (QED) is 0.258. The predicted molar refractivity (Wildman–Crippen MR) is 169 cm³/mol. The molecule has 4 aromatic rings. The molecule has 1 aliphatic heterocycles. The number of anilines is 2. The number of piperidine rings is 1. The first kappa shape index (κ1) is 32.1. The normalized spacial score (nSPS) is 14.5. The van der Waals surface area contributed by atoms with Crippen LogP contribution in [-0.2, 0) is 14.8 Å². The lowest BCUT2D eigenvalue weighted by atomic mass is 10.0. The molecule has 0 saturated carbocycles. The van der Waals surface area contributed by atoms with Gasteiger partial charge < -0.3 is 19.1 Å². The van der Waals surface area contributed by atoms with Crippen molar-refractivity contribution in [3.05, 3.63) is 60.8 Å². The predicted octanol–water partition coefficient (Wildman–Crippen LogP) is 5.75. The number of fused-ring (bicyclic) bond motifs is 1. The van der Waals surface area contributed by atoms with Crippen LogP contribution in [0, 0.1) is 11.6 Å². The number of nitrogens with zero attached hydrogens (tertiary/aromatic N) is 6. The smallest absolute Gasteiger partial charge is 0.410 e. The average Bonchev–Trinajstić information content (AvgIpc) is 3.36. The van der Waals surface area contributed by atoms with E-state index in [0.717, 1.165) is 12.1 Å². The second-order valence-corrected chi connectivity index (χ2v) is 13.9. The number of sulfonamides is 1. The lowest BCUT2D eigenvalue weighted by Crippen LogP contribution is -2.47. The number of aromatic nitrogens is 4. The van der Waals surface area contributed by atoms with Crippen LogP contribution in [0.3, 0.4) is 0 Å². The van der Waals surface area contributed by atoms with Crippen molar-refractivity contribution in [2.75, 3.05) is 35.5 Å². The molecule has 14 heteroatoms. The zero-order valence-electron chi connectivity index (χ0n) is 25.9. The Hall–Kier alpha value is -4.33. The molecule has 1 aliphatic rings. The highest BCUT2D eigenvalue weighted by molar-refractivity contribution is 7.92. The third-order valence-electron chi connectivity index (χ3n) is 7.58. The molecule has 0 radical (unpaired) electrons. The summed E-state index contributed by atoms with van der Waals surface area (Å²) in [6.45, 7) is 8.27. The molecule has 5 rings (SSSR count). The van der Waals surface area contributed by atoms with E-state index in [4.69, 9.17) is 9.72 Å². The Morgan fingerprint density at radius 2 is 1.80 bits per heavy atom. The fourth-order valence-corrected chi connectivity index (χ4v) is 6.53. The zero-order valence-corrected chi connectivity index (χ0v) is 26.7. The minimum Gasteiger partial charge on any atom is -0.444 e. The number of hydrogen-bond acceptors (Lipinski definition) is 8. The number of hydrogen-bond donors (Lipinski definition) is 1. The third kappa shape index (κ3) is 7.00. The molecule has 0 aliphatic carbocycles. The molecule has 1 fully saturated rings. The van der Waals surface area contributed by atoms with Crippen molar-refractivity contribution >= 4 is 38.7 Å². The van der Waals surface area contributed by atoms with Gasteiger partial charge in [-0.25, -0.2) is 36.9 Å². The molecule has 1 aromatic carbocycles. The second kappa shape index (κ2) is 12.6. The number of pyridine rings is 1. The molecule has 45 heavy (non-hydrogen) atoms. The summed E-state index contributed by atoms with van der Waals surface area (Å²) in [5.74, 6) is -1.50. The molecule has 1 amide bonds. The number of nitrogens with one attached hydrogen (secondary N) is 1. The summed E-state index contributed by atoms with van der Waals surface area (Å²) in [5.41, 5.74) is 0.605. The van der Waals surface area contributed by atoms with Gasteiger partial charge in [0.15, 0.2) is 5.82 Å². The molecular formula is C31H37F2N7O4S. The highest BCUT2D eigenvalue weighted by atomic mass is 32.2. The maximum Gasteiger partial charge on any atom is 0.410 e. The summed E-state index contributed by atoms with van der Waals surface area (Å²) in [6.07, 6.45) is 7.49. The number of halogens is 2. The molecule has 3 aromatic heterocycles. The first-order chi connectivity index (χ1) is 21.3. The Kier molecular flexibility index (Phi) is 8.97. The van der Waals surface area contributed by atoms with E-state index in [9.17, 15) is 13.2 Å². The fraction of sp³-hybridized carbons (Fsp3) is 0.419. The monoisotopic (exact) mass is 641 g/mol. The second-order valence-electron chi connectivity index (χ2n) is 12.1. The van der Waals surface area contributed by atoms with E-state index in [-0.39, 0.29) is 23.6 Å². The summed E-state index contributed by atoms with van der Waals surface area (Å²) in [4.78, 5) is 29.4. The van der Waals surface area contributed by atoms with Gasteiger partial charge in [0.2, 0.25) is 10.0 Å². The molecule has 0 bridgehead atoms. The topological polar surface area (TPSA) is 123 Å². The van der Waals surface area contributed by atoms with Crippen LogP contribution in [0.15, 0.2) is 49.2 Å². The van der Waals surface area contributed by atoms with Crippen LogP contribution in [0.5, 0.6) is 0 Å². The van der Waals surface area contributed by atoms with Gasteiger partial charge in [-0.05, 0) is 64.3 Å². The first-order valence-electron chi connectivity index (χ1n) is 14.7. The van der Waals surface area contributed by atoms with E-state index in [2.05, 4.69) is 14.7 Å². The van der Waals surface area contributed by atoms with Crippen LogP contribution in [0.25, 0.3) is 27.8 Å². The van der Waals surface area contributed by atoms with Crippen molar-refractivity contribution in [3.63, 3.8) is 0 Å². The maximum atomic E-state index is 15.9. The Morgan fingerprint density at radius 3 is 2.44 bits per heavy atom. The van der Waals surface area contributed by atoms with Gasteiger partial charge >= 0.3 is 6.09 Å². The van der Waals surface area contributed by atoms with Crippen LogP contribution < -0.4 is 9.62 Å². The number of likely N-dealkylation sites (tertiary alicyclic amines) is 1. The SMILES string of the molecule is CCCS(=O)(=O)Nc1ccc(F)c(-n2cc(-c3cncnc3)c3nc(N(C)C4CCN(C(=O)OC(C)(C)C)CC4)ccc32)c1F. The summed E-state index contributed by atoms with van der Waals surface area (Å²) in [5, 5.41) is 0. The third-order valence-corrected chi connectivity index (χ3v) is 9.05. The first-order valence-corrected chi connectivity index (χ1v) is 16.4. The molecule has 0 unspecified atom stereocenters. The van der Waals surface area contributed by atoms with Crippen molar-refractivity contribution < 1.29 is 26.7 Å². The van der Waals surface area contributed by atoms with Crippen molar-refractivity contribution in [1.82, 2.24) is 24.4 Å². The van der Waals surface area contributed by atoms with Crippen LogP contribution >= 0.6 is 0 Å². The molecule has 0 atom stereocenters. The minimum absolute atomic E-state index is 0.0851. The van der Waals surface area contributed by atoms with Crippen molar-refractivity contribution in [2.24, 2.45) is 0 Å². The van der Waals surface area contributed by atoms with Gasteiger partial charge in [0, 0.05) is 55.9 Å². The molecule has 11 nitrogen and oxygen atoms in total. The number of rotatable bonds is 8. The highest BCUT2D eigenvalue weighted by Crippen LogP contribution is 2.36. The van der Waals surface area contributed by atoms with E-state index < -0.39 is 32.9 Å². The number of amides is 1. The summed E-state index contributed by atoms with van der Waals surface area (Å²) in [6, 6.07) is 5.68. The molecule has 240 valence electrons. The Morgan fingerprint density at radius 1 is 1.11 bits per heavy atom. The zero-order chi connectivity index (χ0) is 32.5. The van der Waals surface area contributed by atoms with Crippen molar-refractivity contribution in [2.45, 2.75) is 58.6 Å². The average molecular weight is 642 g/mol. The lowest BCUT2D eigenvalue weighted by Gasteiger charge is -2.37. The summed E-state index contributed by atoms with van der Waals surface area (Å²) in [7, 11) is -1.90. The Labute approximate surface area is 261 Å². The number of carbonyl (C=O) groups excluding carboxylic acids is 1. The van der Waals surface area contributed by atoms with E-state index in [1.54, 1.807) is 42.5 Å². The van der Waals surface area contributed by atoms with Gasteiger partial charge in [-0.15, -0.1) is 0 Å². The van der Waals surface area contributed by atoms with Crippen molar-refractivity contribution in [3.8, 4) is 16.8 Å².